The second kappa shape index (κ2) is 6.44. The summed E-state index contributed by atoms with van der Waals surface area (Å²) < 4.78 is 0. The van der Waals surface area contributed by atoms with Gasteiger partial charge < -0.3 is 5.32 Å². The summed E-state index contributed by atoms with van der Waals surface area (Å²) in [7, 11) is 0. The minimum Gasteiger partial charge on any atom is -0.346 e. The van der Waals surface area contributed by atoms with Crippen LogP contribution < -0.4 is 5.32 Å². The van der Waals surface area contributed by atoms with Crippen molar-refractivity contribution in [1.82, 2.24) is 0 Å². The Morgan fingerprint density at radius 2 is 1.80 bits per heavy atom. The molecule has 0 aliphatic heterocycles. The van der Waals surface area contributed by atoms with Crippen LogP contribution in [0.5, 0.6) is 0 Å². The van der Waals surface area contributed by atoms with Crippen LogP contribution in [-0.2, 0) is 0 Å². The molecule has 1 N–H and O–H groups in total. The highest BCUT2D eigenvalue weighted by molar-refractivity contribution is 7.81. The van der Waals surface area contributed by atoms with Crippen molar-refractivity contribution >= 4 is 34.8 Å². The van der Waals surface area contributed by atoms with E-state index in [4.69, 9.17) is 12.2 Å². The van der Waals surface area contributed by atoms with Gasteiger partial charge in [-0.05, 0) is 56.2 Å². The number of hydrogen-bond acceptors (Lipinski definition) is 2. The van der Waals surface area contributed by atoms with Crippen LogP contribution in [0, 0.1) is 13.8 Å². The maximum absolute atomic E-state index is 5.51. The molecule has 20 heavy (non-hydrogen) atoms. The third-order valence-electron chi connectivity index (χ3n) is 3.09. The zero-order chi connectivity index (χ0) is 14.5. The molecule has 0 fully saturated rings. The van der Waals surface area contributed by atoms with Crippen LogP contribution in [0.3, 0.4) is 0 Å². The number of rotatable bonds is 3. The van der Waals surface area contributed by atoms with Gasteiger partial charge in [-0.1, -0.05) is 30.4 Å². The third kappa shape index (κ3) is 3.31. The van der Waals surface area contributed by atoms with Crippen molar-refractivity contribution in [3.05, 3.63) is 59.2 Å². The fourth-order valence-corrected chi connectivity index (χ4v) is 2.38. The molecule has 2 aromatic carbocycles. The Labute approximate surface area is 125 Å². The zero-order valence-electron chi connectivity index (χ0n) is 12.0. The number of anilines is 1. The van der Waals surface area contributed by atoms with Crippen LogP contribution in [0.15, 0.2) is 47.5 Å². The highest BCUT2D eigenvalue weighted by Gasteiger charge is 2.08. The molecule has 3 heteroatoms. The number of aryl methyl sites for hydroxylation is 2. The van der Waals surface area contributed by atoms with Gasteiger partial charge >= 0.3 is 0 Å². The lowest BCUT2D eigenvalue weighted by Crippen LogP contribution is -2.12. The SMILES string of the molecule is C/C=N/c1cc(C)c(C(=S)Nc2ccccc2)cc1C. The summed E-state index contributed by atoms with van der Waals surface area (Å²) in [6.07, 6.45) is 1.81. The predicted molar refractivity (Wildman–Crippen MR) is 91.5 cm³/mol. The van der Waals surface area contributed by atoms with E-state index in [9.17, 15) is 0 Å². The van der Waals surface area contributed by atoms with Crippen LogP contribution in [0.1, 0.15) is 23.6 Å². The molecule has 0 amide bonds. The Morgan fingerprint density at radius 1 is 1.10 bits per heavy atom. The quantitative estimate of drug-likeness (QED) is 0.645. The van der Waals surface area contributed by atoms with E-state index in [0.29, 0.717) is 0 Å². The van der Waals surface area contributed by atoms with Gasteiger partial charge in [-0.2, -0.15) is 0 Å². The molecule has 2 aromatic rings. The molecule has 0 spiro atoms. The van der Waals surface area contributed by atoms with Gasteiger partial charge in [0.1, 0.15) is 4.99 Å². The van der Waals surface area contributed by atoms with Crippen molar-refractivity contribution in [1.29, 1.82) is 0 Å². The average molecular weight is 282 g/mol. The van der Waals surface area contributed by atoms with Crippen LogP contribution in [0.2, 0.25) is 0 Å². The van der Waals surface area contributed by atoms with Crippen molar-refractivity contribution in [2.75, 3.05) is 5.32 Å². The molecule has 0 saturated heterocycles. The fraction of sp³-hybridized carbons (Fsp3) is 0.176. The largest absolute Gasteiger partial charge is 0.346 e. The van der Waals surface area contributed by atoms with E-state index < -0.39 is 0 Å². The first-order valence-corrected chi connectivity index (χ1v) is 6.99. The lowest BCUT2D eigenvalue weighted by molar-refractivity contribution is 1.34. The van der Waals surface area contributed by atoms with E-state index in [1.54, 1.807) is 0 Å². The Bertz CT molecular complexity index is 646. The molecule has 2 rings (SSSR count). The first-order chi connectivity index (χ1) is 9.61. The molecular weight excluding hydrogens is 264 g/mol. The van der Waals surface area contributed by atoms with E-state index in [1.165, 1.54) is 0 Å². The van der Waals surface area contributed by atoms with E-state index in [2.05, 4.69) is 36.3 Å². The van der Waals surface area contributed by atoms with Gasteiger partial charge in [0.15, 0.2) is 0 Å². The van der Waals surface area contributed by atoms with Gasteiger partial charge in [-0.3, -0.25) is 4.99 Å². The van der Waals surface area contributed by atoms with Crippen LogP contribution in [0.25, 0.3) is 0 Å². The van der Waals surface area contributed by atoms with Crippen molar-refractivity contribution in [3.8, 4) is 0 Å². The molecule has 0 bridgehead atoms. The third-order valence-corrected chi connectivity index (χ3v) is 3.41. The summed E-state index contributed by atoms with van der Waals surface area (Å²) in [5.74, 6) is 0. The van der Waals surface area contributed by atoms with E-state index in [-0.39, 0.29) is 0 Å². The summed E-state index contributed by atoms with van der Waals surface area (Å²) >= 11 is 5.51. The monoisotopic (exact) mass is 282 g/mol. The maximum Gasteiger partial charge on any atom is 0.111 e. The summed E-state index contributed by atoms with van der Waals surface area (Å²) in [6.45, 7) is 6.03. The molecule has 102 valence electrons. The lowest BCUT2D eigenvalue weighted by Gasteiger charge is -2.13. The Kier molecular flexibility index (Phi) is 4.64. The van der Waals surface area contributed by atoms with Gasteiger partial charge in [0.25, 0.3) is 0 Å². The van der Waals surface area contributed by atoms with Gasteiger partial charge in [0.05, 0.1) is 5.69 Å². The lowest BCUT2D eigenvalue weighted by atomic mass is 10.0. The standard InChI is InChI=1S/C17H18N2S/c1-4-18-16-11-12(2)15(10-13(16)3)17(20)19-14-8-6-5-7-9-14/h4-11H,1-3H3,(H,19,20)/b18-4+. The summed E-state index contributed by atoms with van der Waals surface area (Å²) in [6, 6.07) is 14.1. The minimum atomic E-state index is 0.740. The molecule has 0 radical (unpaired) electrons. The van der Waals surface area contributed by atoms with Gasteiger partial charge in [-0.25, -0.2) is 0 Å². The number of para-hydroxylation sites is 1. The van der Waals surface area contributed by atoms with E-state index in [1.807, 2.05) is 43.5 Å². The van der Waals surface area contributed by atoms with Crippen LogP contribution in [0.4, 0.5) is 11.4 Å². The number of thiocarbonyl (C=S) groups is 1. The normalized spacial score (nSPS) is 10.8. The Morgan fingerprint density at radius 3 is 2.45 bits per heavy atom. The van der Waals surface area contributed by atoms with E-state index in [0.717, 1.165) is 33.1 Å². The zero-order valence-corrected chi connectivity index (χ0v) is 12.8. The highest BCUT2D eigenvalue weighted by Crippen LogP contribution is 2.24. The number of hydrogen-bond donors (Lipinski definition) is 1. The van der Waals surface area contributed by atoms with Gasteiger partial charge in [0, 0.05) is 17.5 Å². The number of nitrogens with zero attached hydrogens (tertiary/aromatic N) is 1. The molecule has 0 atom stereocenters. The van der Waals surface area contributed by atoms with Crippen LogP contribution in [-0.4, -0.2) is 11.2 Å². The molecule has 0 unspecified atom stereocenters. The molecule has 0 aromatic heterocycles. The minimum absolute atomic E-state index is 0.740. The molecule has 0 saturated carbocycles. The van der Waals surface area contributed by atoms with Gasteiger partial charge in [-0.15, -0.1) is 0 Å². The van der Waals surface area contributed by atoms with Crippen LogP contribution >= 0.6 is 12.2 Å². The number of aliphatic imine (C=N–C) groups is 1. The molecule has 0 aliphatic rings. The fourth-order valence-electron chi connectivity index (χ4n) is 2.04. The smallest absolute Gasteiger partial charge is 0.111 e. The maximum atomic E-state index is 5.51. The first kappa shape index (κ1) is 14.4. The first-order valence-electron chi connectivity index (χ1n) is 6.58. The predicted octanol–water partition coefficient (Wildman–Crippen LogP) is 4.81. The summed E-state index contributed by atoms with van der Waals surface area (Å²) in [4.78, 5) is 5.10. The topological polar surface area (TPSA) is 24.4 Å². The van der Waals surface area contributed by atoms with E-state index >= 15 is 0 Å². The Hall–Kier alpha value is -2.00. The molecule has 0 aliphatic carbocycles. The molecular formula is C17H18N2S. The molecule has 2 nitrogen and oxygen atoms in total. The van der Waals surface area contributed by atoms with Crippen molar-refractivity contribution in [3.63, 3.8) is 0 Å². The Balaban J connectivity index is 2.29. The summed E-state index contributed by atoms with van der Waals surface area (Å²) in [5, 5.41) is 3.27. The van der Waals surface area contributed by atoms with Gasteiger partial charge in [0.2, 0.25) is 0 Å². The highest BCUT2D eigenvalue weighted by atomic mass is 32.1. The number of benzene rings is 2. The second-order valence-electron chi connectivity index (χ2n) is 4.66. The summed E-state index contributed by atoms with van der Waals surface area (Å²) in [5.41, 5.74) is 5.31. The van der Waals surface area contributed by atoms with Crippen molar-refractivity contribution < 1.29 is 0 Å². The number of nitrogens with one attached hydrogen (secondary N) is 1. The van der Waals surface area contributed by atoms with Crippen molar-refractivity contribution in [2.24, 2.45) is 4.99 Å². The average Bonchev–Trinajstić information content (AvgIpc) is 2.43. The van der Waals surface area contributed by atoms with Crippen molar-refractivity contribution in [2.45, 2.75) is 20.8 Å². The molecule has 0 heterocycles. The second-order valence-corrected chi connectivity index (χ2v) is 5.07.